The van der Waals surface area contributed by atoms with Gasteiger partial charge in [-0.15, -0.1) is 0 Å². The monoisotopic (exact) mass is 257 g/mol. The molecule has 0 bridgehead atoms. The molecule has 17 heavy (non-hydrogen) atoms. The first kappa shape index (κ1) is 13.5. The number of pyridine rings is 1. The molecule has 0 aliphatic heterocycles. The van der Waals surface area contributed by atoms with Gasteiger partial charge in [-0.2, -0.15) is 9.98 Å². The number of nitrogens with zero attached hydrogens (tertiary/aromatic N) is 2. The molecule has 1 unspecified atom stereocenters. The number of sulfonamides is 1. The quantitative estimate of drug-likeness (QED) is 0.873. The van der Waals surface area contributed by atoms with Crippen LogP contribution < -0.4 is 4.72 Å². The Bertz CT molecular complexity index is 537. The molecule has 92 valence electrons. The number of hydrogen-bond acceptors (Lipinski definition) is 4. The zero-order chi connectivity index (χ0) is 13.1. The summed E-state index contributed by atoms with van der Waals surface area (Å²) in [6.45, 7) is 3.37. The Morgan fingerprint density at radius 2 is 2.18 bits per heavy atom. The molecule has 0 radical (unpaired) electrons. The highest BCUT2D eigenvalue weighted by molar-refractivity contribution is 7.89. The Hall–Kier alpha value is -1.52. The van der Waals surface area contributed by atoms with E-state index in [1.54, 1.807) is 19.9 Å². The minimum absolute atomic E-state index is 0.221. The van der Waals surface area contributed by atoms with Crippen molar-refractivity contribution in [2.24, 2.45) is 5.92 Å². The highest BCUT2D eigenvalue weighted by atomic mass is 32.2. The predicted molar refractivity (Wildman–Crippen MR) is 58.8 cm³/mol. The van der Waals surface area contributed by atoms with Crippen LogP contribution in [0.4, 0.5) is 4.39 Å². The maximum atomic E-state index is 13.3. The smallest absolute Gasteiger partial charge is 0.241 e. The van der Waals surface area contributed by atoms with Crippen molar-refractivity contribution in [1.82, 2.24) is 9.71 Å². The van der Waals surface area contributed by atoms with E-state index in [9.17, 15) is 12.8 Å². The molecule has 7 heteroatoms. The summed E-state index contributed by atoms with van der Waals surface area (Å²) in [5, 5.41) is 8.09. The van der Waals surface area contributed by atoms with E-state index >= 15 is 0 Å². The lowest BCUT2D eigenvalue weighted by Gasteiger charge is -2.14. The molecule has 0 aromatic carbocycles. The fourth-order valence-corrected chi connectivity index (χ4v) is 2.40. The van der Waals surface area contributed by atoms with Crippen LogP contribution in [0.15, 0.2) is 23.4 Å². The van der Waals surface area contributed by atoms with E-state index in [4.69, 9.17) is 5.26 Å². The predicted octanol–water partition coefficient (Wildman–Crippen LogP) is 1.05. The molecule has 5 nitrogen and oxygen atoms in total. The van der Waals surface area contributed by atoms with Gasteiger partial charge in [-0.1, -0.05) is 13.8 Å². The van der Waals surface area contributed by atoms with Gasteiger partial charge in [-0.3, -0.25) is 0 Å². The van der Waals surface area contributed by atoms with Crippen LogP contribution in [0, 0.1) is 23.1 Å². The summed E-state index contributed by atoms with van der Waals surface area (Å²) in [6, 6.07) is 3.18. The second kappa shape index (κ2) is 5.21. The van der Waals surface area contributed by atoms with Crippen molar-refractivity contribution in [1.29, 1.82) is 5.26 Å². The Morgan fingerprint density at radius 3 is 2.65 bits per heavy atom. The lowest BCUT2D eigenvalue weighted by Crippen LogP contribution is -2.38. The SMILES string of the molecule is CC(C)C(C#N)NS(=O)(=O)c1ncccc1F. The molecule has 1 N–H and O–H groups in total. The molecular weight excluding hydrogens is 245 g/mol. The number of aromatic nitrogens is 1. The third-order valence-electron chi connectivity index (χ3n) is 2.07. The van der Waals surface area contributed by atoms with Gasteiger partial charge < -0.3 is 0 Å². The van der Waals surface area contributed by atoms with E-state index in [0.29, 0.717) is 0 Å². The van der Waals surface area contributed by atoms with E-state index < -0.39 is 26.9 Å². The van der Waals surface area contributed by atoms with Gasteiger partial charge in [0.05, 0.1) is 6.07 Å². The molecular formula is C10H12FN3O2S. The maximum Gasteiger partial charge on any atom is 0.262 e. The van der Waals surface area contributed by atoms with Gasteiger partial charge in [-0.25, -0.2) is 17.8 Å². The molecule has 0 fully saturated rings. The summed E-state index contributed by atoms with van der Waals surface area (Å²) >= 11 is 0. The second-order valence-corrected chi connectivity index (χ2v) is 5.39. The highest BCUT2D eigenvalue weighted by Gasteiger charge is 2.25. The van der Waals surface area contributed by atoms with Crippen LogP contribution in [0.1, 0.15) is 13.8 Å². The standard InChI is InChI=1S/C10H12FN3O2S/c1-7(2)9(6-12)14-17(15,16)10-8(11)4-3-5-13-10/h3-5,7,9,14H,1-2H3. The number of nitrogens with one attached hydrogen (secondary N) is 1. The summed E-state index contributed by atoms with van der Waals surface area (Å²) in [6.07, 6.45) is 1.17. The van der Waals surface area contributed by atoms with Gasteiger partial charge in [0.15, 0.2) is 5.82 Å². The summed E-state index contributed by atoms with van der Waals surface area (Å²) in [5.41, 5.74) is 0. The van der Waals surface area contributed by atoms with Crippen molar-refractivity contribution < 1.29 is 12.8 Å². The molecule has 1 atom stereocenters. The number of hydrogen-bond donors (Lipinski definition) is 1. The van der Waals surface area contributed by atoms with Crippen molar-refractivity contribution in [2.45, 2.75) is 24.9 Å². The van der Waals surface area contributed by atoms with Gasteiger partial charge in [0.25, 0.3) is 10.0 Å². The zero-order valence-corrected chi connectivity index (χ0v) is 10.2. The average Bonchev–Trinajstić information content (AvgIpc) is 2.26. The Balaban J connectivity index is 3.06. The lowest BCUT2D eigenvalue weighted by molar-refractivity contribution is 0.503. The number of rotatable bonds is 4. The van der Waals surface area contributed by atoms with Gasteiger partial charge in [0.1, 0.15) is 6.04 Å². The first-order valence-electron chi connectivity index (χ1n) is 4.91. The van der Waals surface area contributed by atoms with Crippen LogP contribution >= 0.6 is 0 Å². The first-order chi connectivity index (χ1) is 7.88. The summed E-state index contributed by atoms with van der Waals surface area (Å²) in [7, 11) is -4.11. The van der Waals surface area contributed by atoms with Crippen molar-refractivity contribution in [3.8, 4) is 6.07 Å². The molecule has 0 spiro atoms. The van der Waals surface area contributed by atoms with Gasteiger partial charge in [-0.05, 0) is 18.1 Å². The summed E-state index contributed by atoms with van der Waals surface area (Å²) < 4.78 is 38.9. The molecule has 1 rings (SSSR count). The minimum Gasteiger partial charge on any atom is -0.241 e. The van der Waals surface area contributed by atoms with Crippen molar-refractivity contribution in [2.75, 3.05) is 0 Å². The fourth-order valence-electron chi connectivity index (χ4n) is 1.10. The molecule has 0 amide bonds. The number of nitriles is 1. The third kappa shape index (κ3) is 3.22. The van der Waals surface area contributed by atoms with Crippen molar-refractivity contribution in [3.63, 3.8) is 0 Å². The molecule has 0 saturated heterocycles. The lowest BCUT2D eigenvalue weighted by atomic mass is 10.1. The van der Waals surface area contributed by atoms with E-state index in [-0.39, 0.29) is 5.92 Å². The number of halogens is 1. The van der Waals surface area contributed by atoms with E-state index in [1.807, 2.05) is 0 Å². The van der Waals surface area contributed by atoms with Crippen LogP contribution in [0.5, 0.6) is 0 Å². The van der Waals surface area contributed by atoms with Gasteiger partial charge in [0, 0.05) is 6.20 Å². The van der Waals surface area contributed by atoms with Crippen LogP contribution in [0.3, 0.4) is 0 Å². The summed E-state index contributed by atoms with van der Waals surface area (Å²) in [5.74, 6) is -1.16. The van der Waals surface area contributed by atoms with E-state index in [1.165, 1.54) is 12.3 Å². The van der Waals surface area contributed by atoms with Crippen LogP contribution in [0.25, 0.3) is 0 Å². The van der Waals surface area contributed by atoms with Gasteiger partial charge >= 0.3 is 0 Å². The van der Waals surface area contributed by atoms with Crippen LogP contribution in [-0.4, -0.2) is 19.4 Å². The van der Waals surface area contributed by atoms with Crippen molar-refractivity contribution >= 4 is 10.0 Å². The topological polar surface area (TPSA) is 82.9 Å². The minimum atomic E-state index is -4.11. The van der Waals surface area contributed by atoms with Gasteiger partial charge in [0.2, 0.25) is 5.03 Å². The fraction of sp³-hybridized carbons (Fsp3) is 0.400. The maximum absolute atomic E-state index is 13.3. The Labute approximate surface area is 99.3 Å². The molecule has 0 saturated carbocycles. The first-order valence-corrected chi connectivity index (χ1v) is 6.39. The Kier molecular flexibility index (Phi) is 4.15. The normalized spacial score (nSPS) is 13.4. The zero-order valence-electron chi connectivity index (χ0n) is 9.38. The average molecular weight is 257 g/mol. The molecule has 0 aliphatic rings. The molecule has 1 aromatic rings. The second-order valence-electron chi connectivity index (χ2n) is 3.76. The summed E-state index contributed by atoms with van der Waals surface area (Å²) in [4.78, 5) is 3.46. The Morgan fingerprint density at radius 1 is 1.53 bits per heavy atom. The van der Waals surface area contributed by atoms with E-state index in [0.717, 1.165) is 6.07 Å². The van der Waals surface area contributed by atoms with Crippen molar-refractivity contribution in [3.05, 3.63) is 24.1 Å². The molecule has 1 heterocycles. The highest BCUT2D eigenvalue weighted by Crippen LogP contribution is 2.12. The van der Waals surface area contributed by atoms with Crippen LogP contribution in [-0.2, 0) is 10.0 Å². The third-order valence-corrected chi connectivity index (χ3v) is 3.44. The largest absolute Gasteiger partial charge is 0.262 e. The van der Waals surface area contributed by atoms with Crippen LogP contribution in [0.2, 0.25) is 0 Å². The molecule has 0 aliphatic carbocycles. The van der Waals surface area contributed by atoms with E-state index in [2.05, 4.69) is 9.71 Å². The molecule has 1 aromatic heterocycles.